The SMILES string of the molecule is CCOC(=O)/C=C/c1cc(C)c2c(Cl)c(Cl)cc(Cl)c2n1. The van der Waals surface area contributed by atoms with E-state index in [4.69, 9.17) is 39.5 Å². The van der Waals surface area contributed by atoms with Crippen molar-refractivity contribution in [3.05, 3.63) is 44.5 Å². The monoisotopic (exact) mass is 343 g/mol. The Kier molecular flexibility index (Phi) is 5.09. The number of carbonyl (C=O) groups is 1. The molecule has 6 heteroatoms. The van der Waals surface area contributed by atoms with Gasteiger partial charge < -0.3 is 4.74 Å². The normalized spacial score (nSPS) is 11.3. The summed E-state index contributed by atoms with van der Waals surface area (Å²) >= 11 is 18.4. The van der Waals surface area contributed by atoms with Crippen molar-refractivity contribution in [3.63, 3.8) is 0 Å². The van der Waals surface area contributed by atoms with Crippen molar-refractivity contribution in [2.75, 3.05) is 6.61 Å². The summed E-state index contributed by atoms with van der Waals surface area (Å²) in [7, 11) is 0. The van der Waals surface area contributed by atoms with Gasteiger partial charge in [-0.2, -0.15) is 0 Å². The van der Waals surface area contributed by atoms with Gasteiger partial charge in [0.2, 0.25) is 0 Å². The summed E-state index contributed by atoms with van der Waals surface area (Å²) < 4.78 is 4.82. The first-order valence-corrected chi connectivity index (χ1v) is 7.37. The standard InChI is InChI=1S/C15H12Cl3NO2/c1-3-21-12(20)5-4-9-6-8(2)13-14(18)10(16)7-11(17)15(13)19-9/h4-7H,3H2,1-2H3/b5-4+. The maximum atomic E-state index is 11.3. The number of carbonyl (C=O) groups excluding carboxylic acids is 1. The third kappa shape index (κ3) is 3.49. The highest BCUT2D eigenvalue weighted by atomic mass is 35.5. The number of hydrogen-bond acceptors (Lipinski definition) is 3. The number of pyridine rings is 1. The number of esters is 1. The number of benzene rings is 1. The number of aryl methyl sites for hydroxylation is 1. The van der Waals surface area contributed by atoms with Gasteiger partial charge in [-0.15, -0.1) is 0 Å². The van der Waals surface area contributed by atoms with Crippen LogP contribution in [-0.2, 0) is 9.53 Å². The molecular weight excluding hydrogens is 333 g/mol. The van der Waals surface area contributed by atoms with Crippen molar-refractivity contribution in [3.8, 4) is 0 Å². The molecule has 21 heavy (non-hydrogen) atoms. The smallest absolute Gasteiger partial charge is 0.330 e. The first-order chi connectivity index (χ1) is 9.93. The minimum absolute atomic E-state index is 0.327. The molecule has 110 valence electrons. The van der Waals surface area contributed by atoms with Gasteiger partial charge in [0.25, 0.3) is 0 Å². The van der Waals surface area contributed by atoms with E-state index in [0.717, 1.165) is 5.56 Å². The zero-order chi connectivity index (χ0) is 15.6. The highest BCUT2D eigenvalue weighted by molar-refractivity contribution is 6.47. The van der Waals surface area contributed by atoms with Crippen LogP contribution in [0.15, 0.2) is 18.2 Å². The molecule has 3 nitrogen and oxygen atoms in total. The van der Waals surface area contributed by atoms with Gasteiger partial charge in [-0.3, -0.25) is 0 Å². The molecule has 0 bridgehead atoms. The molecule has 1 heterocycles. The third-order valence-corrected chi connectivity index (χ3v) is 3.90. The number of fused-ring (bicyclic) bond motifs is 1. The minimum Gasteiger partial charge on any atom is -0.463 e. The second-order valence-electron chi connectivity index (χ2n) is 4.33. The summed E-state index contributed by atoms with van der Waals surface area (Å²) in [6, 6.07) is 3.36. The number of aromatic nitrogens is 1. The molecule has 0 spiro atoms. The van der Waals surface area contributed by atoms with E-state index in [2.05, 4.69) is 4.98 Å². The van der Waals surface area contributed by atoms with Crippen LogP contribution < -0.4 is 0 Å². The number of halogens is 3. The van der Waals surface area contributed by atoms with Gasteiger partial charge in [-0.05, 0) is 37.6 Å². The molecular formula is C15H12Cl3NO2. The van der Waals surface area contributed by atoms with E-state index in [-0.39, 0.29) is 0 Å². The second kappa shape index (κ2) is 6.65. The predicted octanol–water partition coefficient (Wildman–Crippen LogP) is 5.08. The average Bonchev–Trinajstić information content (AvgIpc) is 2.42. The van der Waals surface area contributed by atoms with Crippen LogP contribution in [0.4, 0.5) is 0 Å². The fourth-order valence-electron chi connectivity index (χ4n) is 1.94. The van der Waals surface area contributed by atoms with E-state index in [9.17, 15) is 4.79 Å². The fourth-order valence-corrected chi connectivity index (χ4v) is 2.74. The summed E-state index contributed by atoms with van der Waals surface area (Å²) in [6.45, 7) is 3.95. The Hall–Kier alpha value is -1.29. The largest absolute Gasteiger partial charge is 0.463 e. The highest BCUT2D eigenvalue weighted by Gasteiger charge is 2.12. The predicted molar refractivity (Wildman–Crippen MR) is 87.2 cm³/mol. The molecule has 0 radical (unpaired) electrons. The molecule has 2 aromatic rings. The van der Waals surface area contributed by atoms with E-state index < -0.39 is 5.97 Å². The van der Waals surface area contributed by atoms with Gasteiger partial charge in [0.15, 0.2) is 0 Å². The van der Waals surface area contributed by atoms with Crippen molar-refractivity contribution >= 4 is 57.8 Å². The Morgan fingerprint density at radius 2 is 2.00 bits per heavy atom. The maximum absolute atomic E-state index is 11.3. The number of rotatable bonds is 3. The van der Waals surface area contributed by atoms with Crippen molar-refractivity contribution in [1.29, 1.82) is 0 Å². The number of nitrogens with zero attached hydrogens (tertiary/aromatic N) is 1. The van der Waals surface area contributed by atoms with Crippen LogP contribution in [0, 0.1) is 6.92 Å². The molecule has 0 fully saturated rings. The first kappa shape index (κ1) is 16.1. The van der Waals surface area contributed by atoms with Gasteiger partial charge in [-0.25, -0.2) is 9.78 Å². The lowest BCUT2D eigenvalue weighted by Crippen LogP contribution is -1.99. The van der Waals surface area contributed by atoms with Crippen LogP contribution in [0.3, 0.4) is 0 Å². The molecule has 2 rings (SSSR count). The summed E-state index contributed by atoms with van der Waals surface area (Å²) in [4.78, 5) is 15.7. The molecule has 0 aliphatic heterocycles. The van der Waals surface area contributed by atoms with Crippen molar-refractivity contribution in [1.82, 2.24) is 4.98 Å². The number of hydrogen-bond donors (Lipinski definition) is 0. The van der Waals surface area contributed by atoms with E-state index in [1.165, 1.54) is 6.08 Å². The molecule has 0 atom stereocenters. The number of ether oxygens (including phenoxy) is 1. The Balaban J connectivity index is 2.53. The molecule has 1 aromatic carbocycles. The fraction of sp³-hybridized carbons (Fsp3) is 0.200. The maximum Gasteiger partial charge on any atom is 0.330 e. The quantitative estimate of drug-likeness (QED) is 0.443. The first-order valence-electron chi connectivity index (χ1n) is 6.23. The molecule has 1 aromatic heterocycles. The van der Waals surface area contributed by atoms with E-state index in [0.29, 0.717) is 38.3 Å². The van der Waals surface area contributed by atoms with Crippen LogP contribution in [0.1, 0.15) is 18.2 Å². The molecule has 0 saturated heterocycles. The van der Waals surface area contributed by atoms with Crippen LogP contribution in [0.25, 0.3) is 17.0 Å². The summed E-state index contributed by atoms with van der Waals surface area (Å²) in [6.07, 6.45) is 2.89. The molecule has 0 unspecified atom stereocenters. The Labute approximate surface area is 137 Å². The van der Waals surface area contributed by atoms with E-state index in [1.807, 2.05) is 6.92 Å². The van der Waals surface area contributed by atoms with E-state index in [1.54, 1.807) is 25.1 Å². The van der Waals surface area contributed by atoms with Crippen LogP contribution in [0.5, 0.6) is 0 Å². The topological polar surface area (TPSA) is 39.2 Å². The van der Waals surface area contributed by atoms with Crippen molar-refractivity contribution in [2.45, 2.75) is 13.8 Å². The summed E-state index contributed by atoms with van der Waals surface area (Å²) in [5.41, 5.74) is 2.01. The zero-order valence-electron chi connectivity index (χ0n) is 11.4. The van der Waals surface area contributed by atoms with Gasteiger partial charge in [-0.1, -0.05) is 34.8 Å². The Morgan fingerprint density at radius 1 is 1.29 bits per heavy atom. The molecule has 0 amide bonds. The Bertz CT molecular complexity index is 742. The third-order valence-electron chi connectivity index (χ3n) is 2.82. The second-order valence-corrected chi connectivity index (χ2v) is 5.52. The lowest BCUT2D eigenvalue weighted by atomic mass is 10.1. The van der Waals surface area contributed by atoms with Crippen LogP contribution in [0.2, 0.25) is 15.1 Å². The molecule has 0 aliphatic carbocycles. The van der Waals surface area contributed by atoms with Gasteiger partial charge in [0.1, 0.15) is 0 Å². The summed E-state index contributed by atoms with van der Waals surface area (Å²) in [5, 5.41) is 1.92. The van der Waals surface area contributed by atoms with Crippen molar-refractivity contribution < 1.29 is 9.53 Å². The molecule has 0 N–H and O–H groups in total. The molecule has 0 saturated carbocycles. The van der Waals surface area contributed by atoms with E-state index >= 15 is 0 Å². The van der Waals surface area contributed by atoms with Crippen molar-refractivity contribution in [2.24, 2.45) is 0 Å². The van der Waals surface area contributed by atoms with Gasteiger partial charge >= 0.3 is 5.97 Å². The molecule has 0 aliphatic rings. The lowest BCUT2D eigenvalue weighted by Gasteiger charge is -2.09. The lowest BCUT2D eigenvalue weighted by molar-refractivity contribution is -0.137. The average molecular weight is 345 g/mol. The summed E-state index contributed by atoms with van der Waals surface area (Å²) in [5.74, 6) is -0.419. The van der Waals surface area contributed by atoms with Crippen LogP contribution in [-0.4, -0.2) is 17.6 Å². The van der Waals surface area contributed by atoms with Gasteiger partial charge in [0.05, 0.1) is 32.9 Å². The highest BCUT2D eigenvalue weighted by Crippen LogP contribution is 2.37. The van der Waals surface area contributed by atoms with Gasteiger partial charge in [0, 0.05) is 11.5 Å². The Morgan fingerprint density at radius 3 is 2.67 bits per heavy atom. The zero-order valence-corrected chi connectivity index (χ0v) is 13.7. The van der Waals surface area contributed by atoms with Crippen LogP contribution >= 0.6 is 34.8 Å². The minimum atomic E-state index is -0.419.